The van der Waals surface area contributed by atoms with Crippen LogP contribution < -0.4 is 10.6 Å². The van der Waals surface area contributed by atoms with Gasteiger partial charge in [-0.25, -0.2) is 13.8 Å². The fourth-order valence-electron chi connectivity index (χ4n) is 2.12. The molecule has 122 valence electrons. The van der Waals surface area contributed by atoms with Crippen molar-refractivity contribution in [3.05, 3.63) is 59.5 Å². The van der Waals surface area contributed by atoms with E-state index in [1.54, 1.807) is 23.6 Å². The molecule has 0 bridgehead atoms. The van der Waals surface area contributed by atoms with Crippen LogP contribution in [0.2, 0.25) is 0 Å². The van der Waals surface area contributed by atoms with E-state index in [0.717, 1.165) is 17.8 Å². The number of hydrogen-bond donors (Lipinski definition) is 2. The van der Waals surface area contributed by atoms with Crippen molar-refractivity contribution in [2.24, 2.45) is 0 Å². The summed E-state index contributed by atoms with van der Waals surface area (Å²) in [6.07, 6.45) is 0. The van der Waals surface area contributed by atoms with E-state index >= 15 is 0 Å². The summed E-state index contributed by atoms with van der Waals surface area (Å²) in [6, 6.07) is 10.9. The molecule has 0 aliphatic rings. The number of carbonyl (C=O) groups excluding carboxylic acids is 1. The molecule has 24 heavy (non-hydrogen) atoms. The van der Waals surface area contributed by atoms with Crippen LogP contribution in [0.25, 0.3) is 11.3 Å². The molecule has 0 spiro atoms. The van der Waals surface area contributed by atoms with E-state index in [1.165, 1.54) is 24.3 Å². The first-order chi connectivity index (χ1) is 11.5. The molecule has 3 rings (SSSR count). The first-order valence-corrected chi connectivity index (χ1v) is 7.95. The van der Waals surface area contributed by atoms with Crippen molar-refractivity contribution in [3.8, 4) is 11.3 Å². The number of amides is 1. The molecule has 1 amide bonds. The van der Waals surface area contributed by atoms with Crippen molar-refractivity contribution in [1.82, 2.24) is 4.98 Å². The molecule has 0 radical (unpaired) electrons. The maximum Gasteiger partial charge on any atom is 0.221 e. The summed E-state index contributed by atoms with van der Waals surface area (Å²) in [6.45, 7) is 1.44. The lowest BCUT2D eigenvalue weighted by atomic mass is 10.2. The van der Waals surface area contributed by atoms with Crippen molar-refractivity contribution in [2.45, 2.75) is 6.92 Å². The number of thiazole rings is 1. The number of aromatic nitrogens is 1. The maximum absolute atomic E-state index is 13.3. The number of carbonyl (C=O) groups is 1. The zero-order valence-electron chi connectivity index (χ0n) is 12.6. The van der Waals surface area contributed by atoms with Gasteiger partial charge in [-0.1, -0.05) is 6.07 Å². The Balaban J connectivity index is 1.79. The highest BCUT2D eigenvalue weighted by molar-refractivity contribution is 7.14. The van der Waals surface area contributed by atoms with Gasteiger partial charge in [0.2, 0.25) is 5.91 Å². The van der Waals surface area contributed by atoms with Gasteiger partial charge in [0.25, 0.3) is 0 Å². The van der Waals surface area contributed by atoms with Gasteiger partial charge in [0, 0.05) is 29.2 Å². The first kappa shape index (κ1) is 16.1. The molecule has 1 heterocycles. The van der Waals surface area contributed by atoms with Crippen LogP contribution in [0.4, 0.5) is 25.3 Å². The molecule has 0 fully saturated rings. The second-order valence-electron chi connectivity index (χ2n) is 5.05. The smallest absolute Gasteiger partial charge is 0.221 e. The van der Waals surface area contributed by atoms with Gasteiger partial charge in [-0.15, -0.1) is 11.3 Å². The van der Waals surface area contributed by atoms with Gasteiger partial charge in [0.15, 0.2) is 16.8 Å². The van der Waals surface area contributed by atoms with Crippen molar-refractivity contribution >= 4 is 33.8 Å². The summed E-state index contributed by atoms with van der Waals surface area (Å²) < 4.78 is 26.3. The average Bonchev–Trinajstić information content (AvgIpc) is 2.98. The lowest BCUT2D eigenvalue weighted by Gasteiger charge is -2.06. The van der Waals surface area contributed by atoms with Crippen LogP contribution in [0.1, 0.15) is 6.92 Å². The van der Waals surface area contributed by atoms with Crippen LogP contribution in [-0.2, 0) is 4.79 Å². The molecule has 0 aliphatic carbocycles. The Hall–Kier alpha value is -2.80. The topological polar surface area (TPSA) is 54.0 Å². The highest BCUT2D eigenvalue weighted by Gasteiger charge is 2.09. The molecule has 1 aromatic heterocycles. The van der Waals surface area contributed by atoms with Crippen LogP contribution in [0.5, 0.6) is 0 Å². The van der Waals surface area contributed by atoms with Gasteiger partial charge in [0.1, 0.15) is 0 Å². The Morgan fingerprint density at radius 3 is 2.62 bits per heavy atom. The van der Waals surface area contributed by atoms with E-state index in [9.17, 15) is 13.6 Å². The van der Waals surface area contributed by atoms with E-state index in [4.69, 9.17) is 0 Å². The van der Waals surface area contributed by atoms with Crippen molar-refractivity contribution < 1.29 is 13.6 Å². The number of anilines is 3. The standard InChI is InChI=1S/C17H13F2N3OS/c1-10(23)20-12-3-2-4-13(8-12)21-17-22-16(9-24-17)11-5-6-14(18)15(19)7-11/h2-9H,1H3,(H,20,23)(H,21,22). The maximum atomic E-state index is 13.3. The summed E-state index contributed by atoms with van der Waals surface area (Å²) in [5.74, 6) is -1.94. The Labute approximate surface area is 141 Å². The summed E-state index contributed by atoms with van der Waals surface area (Å²) in [5.41, 5.74) is 2.49. The Kier molecular flexibility index (Phi) is 4.52. The minimum absolute atomic E-state index is 0.151. The molecule has 0 atom stereocenters. The molecule has 0 saturated heterocycles. The van der Waals surface area contributed by atoms with E-state index in [1.807, 2.05) is 6.07 Å². The zero-order chi connectivity index (χ0) is 17.1. The molecular weight excluding hydrogens is 332 g/mol. The fourth-order valence-corrected chi connectivity index (χ4v) is 2.86. The van der Waals surface area contributed by atoms with E-state index in [2.05, 4.69) is 15.6 Å². The molecule has 2 N–H and O–H groups in total. The quantitative estimate of drug-likeness (QED) is 0.715. The monoisotopic (exact) mass is 345 g/mol. The fraction of sp³-hybridized carbons (Fsp3) is 0.0588. The average molecular weight is 345 g/mol. The molecule has 2 aromatic carbocycles. The van der Waals surface area contributed by atoms with E-state index in [0.29, 0.717) is 22.1 Å². The summed E-state index contributed by atoms with van der Waals surface area (Å²) in [7, 11) is 0. The van der Waals surface area contributed by atoms with Crippen molar-refractivity contribution in [2.75, 3.05) is 10.6 Å². The van der Waals surface area contributed by atoms with Gasteiger partial charge in [0.05, 0.1) is 5.69 Å². The second-order valence-corrected chi connectivity index (χ2v) is 5.91. The number of nitrogens with zero attached hydrogens (tertiary/aromatic N) is 1. The van der Waals surface area contributed by atoms with Crippen molar-refractivity contribution in [1.29, 1.82) is 0 Å². The van der Waals surface area contributed by atoms with Crippen LogP contribution >= 0.6 is 11.3 Å². The third kappa shape index (κ3) is 3.75. The predicted molar refractivity (Wildman–Crippen MR) is 91.5 cm³/mol. The number of hydrogen-bond acceptors (Lipinski definition) is 4. The van der Waals surface area contributed by atoms with Gasteiger partial charge in [-0.2, -0.15) is 0 Å². The lowest BCUT2D eigenvalue weighted by Crippen LogP contribution is -2.05. The molecule has 0 unspecified atom stereocenters. The van der Waals surface area contributed by atoms with Crippen LogP contribution in [0.3, 0.4) is 0 Å². The SMILES string of the molecule is CC(=O)Nc1cccc(Nc2nc(-c3ccc(F)c(F)c3)cs2)c1. The number of nitrogens with one attached hydrogen (secondary N) is 2. The van der Waals surface area contributed by atoms with Gasteiger partial charge < -0.3 is 10.6 Å². The molecule has 0 aliphatic heterocycles. The second kappa shape index (κ2) is 6.76. The highest BCUT2D eigenvalue weighted by Crippen LogP contribution is 2.28. The Bertz CT molecular complexity index is 895. The van der Waals surface area contributed by atoms with Crippen LogP contribution in [0, 0.1) is 11.6 Å². The first-order valence-electron chi connectivity index (χ1n) is 7.07. The lowest BCUT2D eigenvalue weighted by molar-refractivity contribution is -0.114. The van der Waals surface area contributed by atoms with Crippen molar-refractivity contribution in [3.63, 3.8) is 0 Å². The summed E-state index contributed by atoms with van der Waals surface area (Å²) in [5, 5.41) is 8.19. The third-order valence-electron chi connectivity index (χ3n) is 3.15. The Morgan fingerprint density at radius 2 is 1.88 bits per heavy atom. The highest BCUT2D eigenvalue weighted by atomic mass is 32.1. The molecule has 7 heteroatoms. The minimum atomic E-state index is -0.905. The third-order valence-corrected chi connectivity index (χ3v) is 3.91. The minimum Gasteiger partial charge on any atom is -0.331 e. The summed E-state index contributed by atoms with van der Waals surface area (Å²) in [4.78, 5) is 15.5. The van der Waals surface area contributed by atoms with Gasteiger partial charge >= 0.3 is 0 Å². The molecule has 4 nitrogen and oxygen atoms in total. The normalized spacial score (nSPS) is 10.5. The van der Waals surface area contributed by atoms with Gasteiger partial charge in [-0.05, 0) is 36.4 Å². The van der Waals surface area contributed by atoms with Crippen LogP contribution in [-0.4, -0.2) is 10.9 Å². The van der Waals surface area contributed by atoms with E-state index in [-0.39, 0.29) is 5.91 Å². The van der Waals surface area contributed by atoms with Crippen LogP contribution in [0.15, 0.2) is 47.8 Å². The number of halogens is 2. The number of rotatable bonds is 4. The predicted octanol–water partition coefficient (Wildman–Crippen LogP) is 4.79. The zero-order valence-corrected chi connectivity index (χ0v) is 13.5. The largest absolute Gasteiger partial charge is 0.331 e. The number of benzene rings is 2. The molecule has 3 aromatic rings. The molecular formula is C17H13F2N3OS. The van der Waals surface area contributed by atoms with E-state index < -0.39 is 11.6 Å². The van der Waals surface area contributed by atoms with Gasteiger partial charge in [-0.3, -0.25) is 4.79 Å². The Morgan fingerprint density at radius 1 is 1.08 bits per heavy atom. The summed E-state index contributed by atoms with van der Waals surface area (Å²) >= 11 is 1.34. The molecule has 0 saturated carbocycles.